The van der Waals surface area contributed by atoms with Crippen LogP contribution in [0.2, 0.25) is 0 Å². The van der Waals surface area contributed by atoms with E-state index in [1.54, 1.807) is 18.2 Å². The summed E-state index contributed by atoms with van der Waals surface area (Å²) in [6.07, 6.45) is 2.74. The van der Waals surface area contributed by atoms with Gasteiger partial charge in [-0.2, -0.15) is 5.10 Å². The molecule has 0 aliphatic carbocycles. The highest BCUT2D eigenvalue weighted by Gasteiger charge is 2.19. The maximum absolute atomic E-state index is 12.3. The van der Waals surface area contributed by atoms with Crippen molar-refractivity contribution in [2.24, 2.45) is 5.73 Å². The molecule has 0 atom stereocenters. The third kappa shape index (κ3) is 3.40. The molecular formula is C11H12Br2N4O2S. The van der Waals surface area contributed by atoms with Gasteiger partial charge in [-0.05, 0) is 44.0 Å². The summed E-state index contributed by atoms with van der Waals surface area (Å²) in [4.78, 5) is 0.0913. The fraction of sp³-hybridized carbons (Fsp3) is 0.182. The van der Waals surface area contributed by atoms with E-state index in [1.807, 2.05) is 0 Å². The van der Waals surface area contributed by atoms with Crippen LogP contribution in [0.5, 0.6) is 0 Å². The van der Waals surface area contributed by atoms with E-state index in [1.165, 1.54) is 17.1 Å². The normalized spacial score (nSPS) is 11.6. The predicted molar refractivity (Wildman–Crippen MR) is 83.9 cm³/mol. The third-order valence-electron chi connectivity index (χ3n) is 2.48. The van der Waals surface area contributed by atoms with Gasteiger partial charge in [-0.1, -0.05) is 6.07 Å². The Hall–Kier alpha value is -0.900. The Labute approximate surface area is 133 Å². The topological polar surface area (TPSA) is 90.0 Å². The highest BCUT2D eigenvalue weighted by atomic mass is 79.9. The molecule has 2 aromatic rings. The van der Waals surface area contributed by atoms with Crippen molar-refractivity contribution in [3.63, 3.8) is 0 Å². The number of aromatic nitrogens is 2. The van der Waals surface area contributed by atoms with Crippen LogP contribution in [0.25, 0.3) is 0 Å². The van der Waals surface area contributed by atoms with Gasteiger partial charge in [-0.15, -0.1) is 0 Å². The van der Waals surface area contributed by atoms with Gasteiger partial charge in [0.25, 0.3) is 10.0 Å². The van der Waals surface area contributed by atoms with E-state index in [4.69, 9.17) is 5.73 Å². The van der Waals surface area contributed by atoms with E-state index >= 15 is 0 Å². The number of hydrogen-bond donors (Lipinski definition) is 2. The molecule has 0 radical (unpaired) electrons. The first kappa shape index (κ1) is 15.5. The van der Waals surface area contributed by atoms with Crippen LogP contribution in [0.3, 0.4) is 0 Å². The van der Waals surface area contributed by atoms with Crippen molar-refractivity contribution in [2.45, 2.75) is 11.4 Å². The Morgan fingerprint density at radius 2 is 1.95 bits per heavy atom. The highest BCUT2D eigenvalue weighted by Crippen LogP contribution is 2.32. The number of benzene rings is 1. The lowest BCUT2D eigenvalue weighted by molar-refractivity contribution is 0.599. The van der Waals surface area contributed by atoms with E-state index < -0.39 is 10.0 Å². The molecule has 0 fully saturated rings. The summed E-state index contributed by atoms with van der Waals surface area (Å²) in [5, 5.41) is 3.95. The Kier molecular flexibility index (Phi) is 4.84. The summed E-state index contributed by atoms with van der Waals surface area (Å²) in [5.41, 5.74) is 5.85. The van der Waals surface area contributed by atoms with Crippen molar-refractivity contribution >= 4 is 47.6 Å². The van der Waals surface area contributed by atoms with Gasteiger partial charge >= 0.3 is 0 Å². The summed E-state index contributed by atoms with van der Waals surface area (Å²) in [7, 11) is -3.69. The highest BCUT2D eigenvalue weighted by molar-refractivity contribution is 9.11. The number of hydrogen-bond acceptors (Lipinski definition) is 4. The number of nitrogens with zero attached hydrogens (tertiary/aromatic N) is 2. The largest absolute Gasteiger partial charge is 0.329 e. The second kappa shape index (κ2) is 6.25. The summed E-state index contributed by atoms with van der Waals surface area (Å²) < 4.78 is 29.9. The number of rotatable bonds is 5. The molecule has 0 saturated carbocycles. The minimum absolute atomic E-state index is 0.0913. The first-order valence-electron chi connectivity index (χ1n) is 5.63. The second-order valence-electron chi connectivity index (χ2n) is 3.93. The molecule has 6 nitrogen and oxygen atoms in total. The molecule has 3 N–H and O–H groups in total. The van der Waals surface area contributed by atoms with Gasteiger partial charge in [0.05, 0.1) is 18.4 Å². The number of anilines is 1. The number of nitrogens with one attached hydrogen (secondary N) is 1. The lowest BCUT2D eigenvalue weighted by atomic mass is 10.3. The van der Waals surface area contributed by atoms with Gasteiger partial charge in [0.15, 0.2) is 0 Å². The predicted octanol–water partition coefficient (Wildman–Crippen LogP) is 2.17. The molecule has 9 heteroatoms. The van der Waals surface area contributed by atoms with Gasteiger partial charge in [0.2, 0.25) is 0 Å². The molecule has 0 amide bonds. The molecule has 0 saturated heterocycles. The fourth-order valence-corrected chi connectivity index (χ4v) is 4.04. The molecule has 108 valence electrons. The standard InChI is InChI=1S/C11H12Br2N4O2S/c12-9-2-1-3-10(13)11(9)16-20(18,19)8-6-15-17(7-8)5-4-14/h1-3,6-7,16H,4-5,14H2. The number of para-hydroxylation sites is 1. The zero-order chi connectivity index (χ0) is 14.8. The van der Waals surface area contributed by atoms with E-state index in [2.05, 4.69) is 41.7 Å². The molecule has 20 heavy (non-hydrogen) atoms. The van der Waals surface area contributed by atoms with Crippen molar-refractivity contribution in [1.82, 2.24) is 9.78 Å². The smallest absolute Gasteiger partial charge is 0.265 e. The molecule has 0 spiro atoms. The van der Waals surface area contributed by atoms with Crippen LogP contribution in [0, 0.1) is 0 Å². The molecule has 2 rings (SSSR count). The van der Waals surface area contributed by atoms with Crippen molar-refractivity contribution in [1.29, 1.82) is 0 Å². The van der Waals surface area contributed by atoms with Crippen LogP contribution < -0.4 is 10.5 Å². The Morgan fingerprint density at radius 3 is 2.55 bits per heavy atom. The van der Waals surface area contributed by atoms with Crippen LogP contribution in [-0.4, -0.2) is 24.7 Å². The van der Waals surface area contributed by atoms with Gasteiger partial charge in [-0.25, -0.2) is 8.42 Å². The summed E-state index contributed by atoms with van der Waals surface area (Å²) in [6, 6.07) is 5.30. The second-order valence-corrected chi connectivity index (χ2v) is 7.32. The van der Waals surface area contributed by atoms with Crippen molar-refractivity contribution in [2.75, 3.05) is 11.3 Å². The summed E-state index contributed by atoms with van der Waals surface area (Å²) in [6.45, 7) is 0.860. The van der Waals surface area contributed by atoms with Crippen LogP contribution in [-0.2, 0) is 16.6 Å². The summed E-state index contributed by atoms with van der Waals surface area (Å²) >= 11 is 6.62. The zero-order valence-electron chi connectivity index (χ0n) is 10.3. The van der Waals surface area contributed by atoms with Gasteiger partial charge < -0.3 is 5.73 Å². The first-order valence-corrected chi connectivity index (χ1v) is 8.70. The molecule has 0 unspecified atom stereocenters. The minimum Gasteiger partial charge on any atom is -0.329 e. The fourth-order valence-electron chi connectivity index (χ4n) is 1.53. The SMILES string of the molecule is NCCn1cc(S(=O)(=O)Nc2c(Br)cccc2Br)cn1. The number of halogens is 2. The monoisotopic (exact) mass is 422 g/mol. The van der Waals surface area contributed by atoms with Gasteiger partial charge in [-0.3, -0.25) is 9.40 Å². The van der Waals surface area contributed by atoms with E-state index in [0.717, 1.165) is 0 Å². The first-order chi connectivity index (χ1) is 9.44. The molecule has 1 heterocycles. The van der Waals surface area contributed by atoms with E-state index in [0.29, 0.717) is 27.7 Å². The average molecular weight is 424 g/mol. The zero-order valence-corrected chi connectivity index (χ0v) is 14.2. The molecule has 0 aliphatic rings. The molecule has 1 aromatic heterocycles. The van der Waals surface area contributed by atoms with Crippen LogP contribution in [0.1, 0.15) is 0 Å². The Balaban J connectivity index is 2.31. The van der Waals surface area contributed by atoms with Crippen LogP contribution >= 0.6 is 31.9 Å². The Bertz CT molecular complexity index is 695. The molecule has 0 bridgehead atoms. The molecular weight excluding hydrogens is 412 g/mol. The van der Waals surface area contributed by atoms with E-state index in [9.17, 15) is 8.42 Å². The molecule has 0 aliphatic heterocycles. The maximum atomic E-state index is 12.3. The number of sulfonamides is 1. The summed E-state index contributed by atoms with van der Waals surface area (Å²) in [5.74, 6) is 0. The minimum atomic E-state index is -3.69. The maximum Gasteiger partial charge on any atom is 0.265 e. The lowest BCUT2D eigenvalue weighted by Crippen LogP contribution is -2.13. The lowest BCUT2D eigenvalue weighted by Gasteiger charge is -2.10. The van der Waals surface area contributed by atoms with Crippen molar-refractivity contribution in [3.8, 4) is 0 Å². The van der Waals surface area contributed by atoms with Gasteiger partial charge in [0, 0.05) is 21.7 Å². The van der Waals surface area contributed by atoms with Crippen molar-refractivity contribution in [3.05, 3.63) is 39.5 Å². The Morgan fingerprint density at radius 1 is 1.30 bits per heavy atom. The molecule has 1 aromatic carbocycles. The van der Waals surface area contributed by atoms with Gasteiger partial charge in [0.1, 0.15) is 4.90 Å². The van der Waals surface area contributed by atoms with Crippen LogP contribution in [0.15, 0.2) is 44.4 Å². The van der Waals surface area contributed by atoms with E-state index in [-0.39, 0.29) is 4.90 Å². The average Bonchev–Trinajstić information content (AvgIpc) is 2.84. The third-order valence-corrected chi connectivity index (χ3v) is 5.10. The van der Waals surface area contributed by atoms with Crippen LogP contribution in [0.4, 0.5) is 5.69 Å². The van der Waals surface area contributed by atoms with Crippen molar-refractivity contribution < 1.29 is 8.42 Å². The number of nitrogens with two attached hydrogens (primary N) is 1. The quantitative estimate of drug-likeness (QED) is 0.770.